The van der Waals surface area contributed by atoms with Crippen molar-refractivity contribution in [1.82, 2.24) is 10.2 Å². The molecule has 6 heteroatoms. The van der Waals surface area contributed by atoms with E-state index in [-0.39, 0.29) is 5.91 Å². The number of nitrogens with zero attached hydrogens (tertiary/aromatic N) is 1. The summed E-state index contributed by atoms with van der Waals surface area (Å²) in [7, 11) is 0. The van der Waals surface area contributed by atoms with E-state index in [0.717, 1.165) is 50.6 Å². The molecular weight excluding hydrogens is 312 g/mol. The van der Waals surface area contributed by atoms with Crippen LogP contribution in [0, 0.1) is 11.8 Å². The van der Waals surface area contributed by atoms with Gasteiger partial charge in [-0.15, -0.1) is 0 Å². The van der Waals surface area contributed by atoms with E-state index in [4.69, 9.17) is 4.74 Å². The minimum absolute atomic E-state index is 0.0477. The minimum atomic E-state index is -0.439. The molecule has 2 aliphatic heterocycles. The summed E-state index contributed by atoms with van der Waals surface area (Å²) in [6.45, 7) is 3.42. The molecule has 1 unspecified atom stereocenters. The molecule has 0 radical (unpaired) electrons. The van der Waals surface area contributed by atoms with Crippen molar-refractivity contribution in [3.8, 4) is 0 Å². The molecule has 3 rings (SSSR count). The third-order valence-corrected chi connectivity index (χ3v) is 5.60. The fourth-order valence-corrected chi connectivity index (χ4v) is 4.20. The highest BCUT2D eigenvalue weighted by Crippen LogP contribution is 2.29. The maximum absolute atomic E-state index is 12.6. The Bertz CT molecular complexity index is 508. The molecule has 0 aliphatic carbocycles. The van der Waals surface area contributed by atoms with E-state index in [9.17, 15) is 9.59 Å². The molecular formula is C17H24N2O3S. The van der Waals surface area contributed by atoms with Crippen LogP contribution in [0.1, 0.15) is 24.8 Å². The maximum atomic E-state index is 12.6. The fraction of sp³-hybridized carbons (Fsp3) is 0.647. The molecule has 1 aromatic heterocycles. The van der Waals surface area contributed by atoms with Crippen LogP contribution in [0.3, 0.4) is 0 Å². The zero-order valence-electron chi connectivity index (χ0n) is 13.3. The molecule has 3 heterocycles. The smallest absolute Gasteiger partial charge is 0.245 e. The molecule has 0 spiro atoms. The van der Waals surface area contributed by atoms with Gasteiger partial charge in [-0.05, 0) is 53.5 Å². The van der Waals surface area contributed by atoms with Crippen molar-refractivity contribution < 1.29 is 14.3 Å². The normalized spacial score (nSPS) is 20.8. The maximum Gasteiger partial charge on any atom is 0.245 e. The lowest BCUT2D eigenvalue weighted by Gasteiger charge is -2.42. The van der Waals surface area contributed by atoms with Gasteiger partial charge in [-0.2, -0.15) is 11.3 Å². The number of nitrogens with one attached hydrogen (secondary N) is 1. The Morgan fingerprint density at radius 2 is 2.17 bits per heavy atom. The third kappa shape index (κ3) is 4.32. The second-order valence-electron chi connectivity index (χ2n) is 6.57. The largest absolute Gasteiger partial charge is 0.381 e. The Balaban J connectivity index is 1.46. The molecule has 126 valence electrons. The standard InChI is InChI=1S/C17H24N2O3S/c20-12-18-16(8-14-3-6-23-11-14)17(21)19-9-15(10-19)7-13-1-4-22-5-2-13/h3,6,11-13,15-16H,1-2,4-5,7-10H2,(H,18,20). The highest BCUT2D eigenvalue weighted by molar-refractivity contribution is 7.07. The van der Waals surface area contributed by atoms with Gasteiger partial charge in [0.2, 0.25) is 12.3 Å². The first-order valence-electron chi connectivity index (χ1n) is 8.33. The van der Waals surface area contributed by atoms with E-state index in [1.807, 2.05) is 21.7 Å². The highest BCUT2D eigenvalue weighted by atomic mass is 32.1. The number of likely N-dealkylation sites (tertiary alicyclic amines) is 1. The van der Waals surface area contributed by atoms with Gasteiger partial charge in [-0.25, -0.2) is 0 Å². The quantitative estimate of drug-likeness (QED) is 0.771. The molecule has 1 aromatic rings. The molecule has 0 saturated carbocycles. The molecule has 5 nitrogen and oxygen atoms in total. The number of rotatable bonds is 7. The topological polar surface area (TPSA) is 58.6 Å². The minimum Gasteiger partial charge on any atom is -0.381 e. The van der Waals surface area contributed by atoms with Crippen LogP contribution in [0.2, 0.25) is 0 Å². The van der Waals surface area contributed by atoms with Crippen molar-refractivity contribution in [2.24, 2.45) is 11.8 Å². The van der Waals surface area contributed by atoms with Gasteiger partial charge < -0.3 is 15.0 Å². The predicted molar refractivity (Wildman–Crippen MR) is 89.2 cm³/mol. The zero-order valence-corrected chi connectivity index (χ0v) is 14.1. The highest BCUT2D eigenvalue weighted by Gasteiger charge is 2.35. The Morgan fingerprint density at radius 3 is 2.83 bits per heavy atom. The Morgan fingerprint density at radius 1 is 1.39 bits per heavy atom. The van der Waals surface area contributed by atoms with Crippen LogP contribution in [-0.4, -0.2) is 49.6 Å². The lowest BCUT2D eigenvalue weighted by Crippen LogP contribution is -2.57. The number of hydrogen-bond acceptors (Lipinski definition) is 4. The van der Waals surface area contributed by atoms with Crippen molar-refractivity contribution in [3.05, 3.63) is 22.4 Å². The Hall–Kier alpha value is -1.40. The second kappa shape index (κ2) is 7.93. The van der Waals surface area contributed by atoms with Gasteiger partial charge in [0.05, 0.1) is 0 Å². The summed E-state index contributed by atoms with van der Waals surface area (Å²) in [4.78, 5) is 25.3. The van der Waals surface area contributed by atoms with Gasteiger partial charge in [0.15, 0.2) is 0 Å². The van der Waals surface area contributed by atoms with Crippen molar-refractivity contribution in [2.45, 2.75) is 31.7 Å². The summed E-state index contributed by atoms with van der Waals surface area (Å²) in [5.74, 6) is 1.41. The van der Waals surface area contributed by atoms with Crippen molar-refractivity contribution in [2.75, 3.05) is 26.3 Å². The molecule has 1 N–H and O–H groups in total. The number of carbonyl (C=O) groups is 2. The van der Waals surface area contributed by atoms with Crippen LogP contribution in [-0.2, 0) is 20.7 Å². The molecule has 2 amide bonds. The summed E-state index contributed by atoms with van der Waals surface area (Å²) in [6.07, 6.45) is 4.70. The Kier molecular flexibility index (Phi) is 5.67. The van der Waals surface area contributed by atoms with Gasteiger partial charge >= 0.3 is 0 Å². The van der Waals surface area contributed by atoms with E-state index >= 15 is 0 Å². The average molecular weight is 336 g/mol. The number of thiophene rings is 1. The molecule has 23 heavy (non-hydrogen) atoms. The lowest BCUT2D eigenvalue weighted by atomic mass is 9.84. The van der Waals surface area contributed by atoms with Crippen LogP contribution in [0.5, 0.6) is 0 Å². The average Bonchev–Trinajstić information content (AvgIpc) is 3.03. The van der Waals surface area contributed by atoms with Crippen LogP contribution in [0.4, 0.5) is 0 Å². The first-order valence-corrected chi connectivity index (χ1v) is 9.28. The van der Waals surface area contributed by atoms with Gasteiger partial charge in [-0.3, -0.25) is 9.59 Å². The van der Waals surface area contributed by atoms with Gasteiger partial charge in [0.1, 0.15) is 6.04 Å². The molecule has 0 bridgehead atoms. The van der Waals surface area contributed by atoms with Crippen molar-refractivity contribution >= 4 is 23.7 Å². The predicted octanol–water partition coefficient (Wildman–Crippen LogP) is 1.68. The van der Waals surface area contributed by atoms with Crippen LogP contribution < -0.4 is 5.32 Å². The summed E-state index contributed by atoms with van der Waals surface area (Å²) in [5, 5.41) is 6.70. The summed E-state index contributed by atoms with van der Waals surface area (Å²) in [5.41, 5.74) is 1.10. The molecule has 2 fully saturated rings. The molecule has 2 saturated heterocycles. The van der Waals surface area contributed by atoms with E-state index in [0.29, 0.717) is 18.7 Å². The third-order valence-electron chi connectivity index (χ3n) is 4.86. The first kappa shape index (κ1) is 16.5. The number of carbonyl (C=O) groups excluding carboxylic acids is 2. The number of hydrogen-bond donors (Lipinski definition) is 1. The fourth-order valence-electron chi connectivity index (χ4n) is 3.52. The monoisotopic (exact) mass is 336 g/mol. The van der Waals surface area contributed by atoms with Gasteiger partial charge in [0.25, 0.3) is 0 Å². The number of ether oxygens (including phenoxy) is 1. The van der Waals surface area contributed by atoms with E-state index < -0.39 is 6.04 Å². The first-order chi connectivity index (χ1) is 11.3. The summed E-state index contributed by atoms with van der Waals surface area (Å²) >= 11 is 1.61. The van der Waals surface area contributed by atoms with Crippen LogP contribution in [0.15, 0.2) is 16.8 Å². The Labute approximate surface area is 141 Å². The molecule has 1 atom stereocenters. The van der Waals surface area contributed by atoms with Crippen LogP contribution >= 0.6 is 11.3 Å². The summed E-state index contributed by atoms with van der Waals surface area (Å²) in [6, 6.07) is 1.56. The van der Waals surface area contributed by atoms with Crippen molar-refractivity contribution in [3.63, 3.8) is 0 Å². The molecule has 2 aliphatic rings. The van der Waals surface area contributed by atoms with Crippen molar-refractivity contribution in [1.29, 1.82) is 0 Å². The van der Waals surface area contributed by atoms with Gasteiger partial charge in [0, 0.05) is 32.7 Å². The summed E-state index contributed by atoms with van der Waals surface area (Å²) < 4.78 is 5.40. The zero-order chi connectivity index (χ0) is 16.1. The second-order valence-corrected chi connectivity index (χ2v) is 7.35. The SMILES string of the molecule is O=CNC(Cc1ccsc1)C(=O)N1CC(CC2CCOCC2)C1. The van der Waals surface area contributed by atoms with E-state index in [1.165, 1.54) is 6.42 Å². The lowest BCUT2D eigenvalue weighted by molar-refractivity contribution is -0.141. The molecule has 0 aromatic carbocycles. The number of amides is 2. The van der Waals surface area contributed by atoms with Crippen LogP contribution in [0.25, 0.3) is 0 Å². The van der Waals surface area contributed by atoms with Gasteiger partial charge in [-0.1, -0.05) is 0 Å². The van der Waals surface area contributed by atoms with E-state index in [1.54, 1.807) is 11.3 Å². The van der Waals surface area contributed by atoms with E-state index in [2.05, 4.69) is 5.32 Å².